The molecule has 2 saturated heterocycles. The van der Waals surface area contributed by atoms with Crippen LogP contribution in [-0.4, -0.2) is 58.2 Å². The number of carbonyl (C=O) groups excluding carboxylic acids is 1. The summed E-state index contributed by atoms with van der Waals surface area (Å²) in [5, 5.41) is 12.2. The van der Waals surface area contributed by atoms with Crippen LogP contribution in [0.15, 0.2) is 12.0 Å². The van der Waals surface area contributed by atoms with Crippen LogP contribution in [-0.2, 0) is 18.3 Å². The Morgan fingerprint density at radius 1 is 1.57 bits per heavy atom. The average Bonchev–Trinajstić information content (AvgIpc) is 2.70. The first kappa shape index (κ1) is 14.9. The summed E-state index contributed by atoms with van der Waals surface area (Å²) in [5.74, 6) is -0.828. The topological polar surface area (TPSA) is 144 Å². The lowest BCUT2D eigenvalue weighted by molar-refractivity contribution is -0.0756. The Hall–Kier alpha value is -1.07. The van der Waals surface area contributed by atoms with Gasteiger partial charge in [-0.1, -0.05) is 0 Å². The van der Waals surface area contributed by atoms with Crippen molar-refractivity contribution in [2.24, 2.45) is 5.73 Å². The third-order valence-corrected chi connectivity index (χ3v) is 4.30. The van der Waals surface area contributed by atoms with Crippen LogP contribution in [0, 0.1) is 0 Å². The van der Waals surface area contributed by atoms with Crippen molar-refractivity contribution in [2.75, 3.05) is 6.61 Å². The number of ether oxygens (including phenoxy) is 1. The Morgan fingerprint density at radius 2 is 2.29 bits per heavy atom. The number of urea groups is 1. The summed E-state index contributed by atoms with van der Waals surface area (Å²) in [6.07, 6.45) is -5.25. The van der Waals surface area contributed by atoms with Gasteiger partial charge in [0.2, 0.25) is 0 Å². The van der Waals surface area contributed by atoms with Crippen molar-refractivity contribution in [1.29, 1.82) is 0 Å². The summed E-state index contributed by atoms with van der Waals surface area (Å²) in [5.41, 5.74) is 5.30. The molecule has 6 atom stereocenters. The largest absolute Gasteiger partial charge is 0.472 e. The monoisotopic (exact) mass is 325 g/mol. The minimum Gasteiger partial charge on any atom is -0.386 e. The first-order valence-electron chi connectivity index (χ1n) is 5.99. The smallest absolute Gasteiger partial charge is 0.386 e. The fourth-order valence-electron chi connectivity index (χ4n) is 2.30. The zero-order valence-corrected chi connectivity index (χ0v) is 11.4. The maximum Gasteiger partial charge on any atom is 0.472 e. The van der Waals surface area contributed by atoms with Gasteiger partial charge < -0.3 is 25.8 Å². The Kier molecular flexibility index (Phi) is 3.53. The number of rotatable bonds is 1. The highest BCUT2D eigenvalue weighted by Gasteiger charge is 2.54. The number of fused-ring (bicyclic) bond motifs is 1. The molecular formula is C9H13FN3O7P. The van der Waals surface area contributed by atoms with E-state index in [2.05, 4.69) is 9.84 Å². The molecule has 0 bridgehead atoms. The molecule has 12 heteroatoms. The average molecular weight is 325 g/mol. The van der Waals surface area contributed by atoms with Crippen molar-refractivity contribution in [3.8, 4) is 0 Å². The number of nitrogens with one attached hydrogen (secondary N) is 1. The van der Waals surface area contributed by atoms with Gasteiger partial charge in [-0.25, -0.2) is 13.8 Å². The third-order valence-electron chi connectivity index (χ3n) is 3.31. The van der Waals surface area contributed by atoms with E-state index in [4.69, 9.17) is 15.0 Å². The number of aliphatic hydroxyl groups is 1. The minimum atomic E-state index is -4.27. The Balaban J connectivity index is 1.82. The van der Waals surface area contributed by atoms with E-state index in [1.165, 1.54) is 0 Å². The van der Waals surface area contributed by atoms with Crippen molar-refractivity contribution in [1.82, 2.24) is 10.2 Å². The molecule has 3 rings (SSSR count). The number of halogens is 1. The summed E-state index contributed by atoms with van der Waals surface area (Å²) < 4.78 is 39.4. The fourth-order valence-corrected chi connectivity index (χ4v) is 3.27. The van der Waals surface area contributed by atoms with Gasteiger partial charge in [0, 0.05) is 6.20 Å². The van der Waals surface area contributed by atoms with E-state index in [1.807, 2.05) is 0 Å². The number of nitrogens with two attached hydrogens (primary N) is 1. The molecule has 0 saturated carbocycles. The number of hydrogen-bond donors (Lipinski definition) is 4. The quantitative estimate of drug-likeness (QED) is 0.436. The van der Waals surface area contributed by atoms with Crippen molar-refractivity contribution < 1.29 is 37.5 Å². The lowest BCUT2D eigenvalue weighted by Crippen LogP contribution is -2.56. The molecule has 3 aliphatic heterocycles. The number of phosphoric acid groups is 1. The van der Waals surface area contributed by atoms with Gasteiger partial charge in [-0.15, -0.1) is 0 Å². The molecule has 4 unspecified atom stereocenters. The number of carbonyl (C=O) groups is 1. The van der Waals surface area contributed by atoms with Crippen molar-refractivity contribution in [2.45, 2.75) is 30.7 Å². The Bertz CT molecular complexity index is 545. The van der Waals surface area contributed by atoms with Crippen LogP contribution in [0.2, 0.25) is 0 Å². The van der Waals surface area contributed by atoms with Crippen molar-refractivity contribution >= 4 is 13.9 Å². The van der Waals surface area contributed by atoms with Crippen molar-refractivity contribution in [3.05, 3.63) is 12.0 Å². The maximum atomic E-state index is 13.5. The van der Waals surface area contributed by atoms with Gasteiger partial charge in [-0.05, 0) is 0 Å². The predicted molar refractivity (Wildman–Crippen MR) is 62.9 cm³/mol. The lowest BCUT2D eigenvalue weighted by Gasteiger charge is -2.32. The zero-order valence-electron chi connectivity index (χ0n) is 10.5. The predicted octanol–water partition coefficient (Wildman–Crippen LogP) is -1.29. The SMILES string of the molecule is NC1NC(=O)N([C@@H]2OC3COP(=O)(O)OC3[C@H]2O)C=C1F. The van der Waals surface area contributed by atoms with Gasteiger partial charge in [-0.2, -0.15) is 0 Å². The van der Waals surface area contributed by atoms with Crippen LogP contribution in [0.1, 0.15) is 0 Å². The number of amides is 2. The molecule has 2 amide bonds. The zero-order chi connectivity index (χ0) is 15.4. The van der Waals surface area contributed by atoms with E-state index >= 15 is 0 Å². The molecule has 3 aliphatic rings. The highest BCUT2D eigenvalue weighted by Crippen LogP contribution is 2.51. The summed E-state index contributed by atoms with van der Waals surface area (Å²) in [7, 11) is -4.27. The number of hydrogen-bond acceptors (Lipinski definition) is 7. The first-order valence-corrected chi connectivity index (χ1v) is 7.49. The third kappa shape index (κ3) is 2.57. The fraction of sp³-hybridized carbons (Fsp3) is 0.667. The van der Waals surface area contributed by atoms with E-state index in [0.717, 1.165) is 11.1 Å². The molecule has 0 aromatic carbocycles. The molecule has 0 aromatic rings. The van der Waals surface area contributed by atoms with Gasteiger partial charge in [0.15, 0.2) is 12.1 Å². The van der Waals surface area contributed by atoms with E-state index in [-0.39, 0.29) is 6.61 Å². The minimum absolute atomic E-state index is 0.298. The summed E-state index contributed by atoms with van der Waals surface area (Å²) in [6.45, 7) is -0.298. The van der Waals surface area contributed by atoms with Crippen LogP contribution >= 0.6 is 7.82 Å². The van der Waals surface area contributed by atoms with Gasteiger partial charge in [-0.3, -0.25) is 13.9 Å². The molecule has 0 spiro atoms. The Labute approximate surface area is 117 Å². The number of nitrogens with zero attached hydrogens (tertiary/aromatic N) is 1. The van der Waals surface area contributed by atoms with Crippen LogP contribution in [0.3, 0.4) is 0 Å². The van der Waals surface area contributed by atoms with Crippen LogP contribution in [0.4, 0.5) is 9.18 Å². The lowest BCUT2D eigenvalue weighted by atomic mass is 10.1. The van der Waals surface area contributed by atoms with E-state index in [9.17, 15) is 23.7 Å². The van der Waals surface area contributed by atoms with Gasteiger partial charge in [0.1, 0.15) is 24.5 Å². The normalized spacial score (nSPS) is 46.9. The second-order valence-corrected chi connectivity index (χ2v) is 6.14. The maximum absolute atomic E-state index is 13.5. The first-order chi connectivity index (χ1) is 9.78. The standard InChI is InChI=1S/C9H13FN3O7P/c10-3-1-13(9(15)12-7(3)11)8-5(14)6-4(19-8)2-18-21(16,17)20-6/h1,4-8,14H,2,11H2,(H,12,15)(H,16,17)/t4?,5-,6?,7?,8-/m1/s1. The molecule has 21 heavy (non-hydrogen) atoms. The molecule has 118 valence electrons. The molecular weight excluding hydrogens is 312 g/mol. The summed E-state index contributed by atoms with van der Waals surface area (Å²) in [4.78, 5) is 21.8. The molecule has 2 fully saturated rings. The van der Waals surface area contributed by atoms with Crippen LogP contribution in [0.25, 0.3) is 0 Å². The number of phosphoric ester groups is 1. The molecule has 0 radical (unpaired) electrons. The molecule has 3 heterocycles. The molecule has 0 aromatic heterocycles. The van der Waals surface area contributed by atoms with Gasteiger partial charge in [0.05, 0.1) is 6.61 Å². The van der Waals surface area contributed by atoms with Gasteiger partial charge >= 0.3 is 13.9 Å². The Morgan fingerprint density at radius 3 is 3.00 bits per heavy atom. The van der Waals surface area contributed by atoms with Crippen LogP contribution in [0.5, 0.6) is 0 Å². The summed E-state index contributed by atoms with van der Waals surface area (Å²) >= 11 is 0. The van der Waals surface area contributed by atoms with E-state index in [0.29, 0.717) is 0 Å². The van der Waals surface area contributed by atoms with Crippen LogP contribution < -0.4 is 11.1 Å². The van der Waals surface area contributed by atoms with E-state index in [1.54, 1.807) is 0 Å². The van der Waals surface area contributed by atoms with E-state index < -0.39 is 50.4 Å². The highest BCUT2D eigenvalue weighted by atomic mass is 31.2. The molecule has 10 nitrogen and oxygen atoms in total. The summed E-state index contributed by atoms with van der Waals surface area (Å²) in [6, 6.07) is -0.778. The number of aliphatic hydroxyl groups excluding tert-OH is 1. The highest BCUT2D eigenvalue weighted by molar-refractivity contribution is 7.47. The second-order valence-electron chi connectivity index (χ2n) is 4.74. The van der Waals surface area contributed by atoms with Gasteiger partial charge in [0.25, 0.3) is 0 Å². The second kappa shape index (κ2) is 4.99. The van der Waals surface area contributed by atoms with Crippen molar-refractivity contribution in [3.63, 3.8) is 0 Å². The molecule has 5 N–H and O–H groups in total. The molecule has 0 aliphatic carbocycles.